The van der Waals surface area contributed by atoms with Crippen LogP contribution in [0.3, 0.4) is 0 Å². The number of amides is 1. The monoisotopic (exact) mass is 232 g/mol. The number of aliphatic hydroxyl groups is 1. The Morgan fingerprint density at radius 2 is 1.94 bits per heavy atom. The summed E-state index contributed by atoms with van der Waals surface area (Å²) in [4.78, 5) is 12.0. The van der Waals surface area contributed by atoms with E-state index in [2.05, 4.69) is 5.32 Å². The van der Waals surface area contributed by atoms with Crippen molar-refractivity contribution in [3.05, 3.63) is 0 Å². The molecule has 0 spiro atoms. The van der Waals surface area contributed by atoms with Crippen molar-refractivity contribution in [1.29, 1.82) is 0 Å². The predicted molar refractivity (Wildman–Crippen MR) is 62.9 cm³/mol. The molecule has 1 amide bonds. The number of aliphatic hydroxyl groups excluding tert-OH is 1. The first-order valence-electron chi connectivity index (χ1n) is 5.36. The minimum absolute atomic E-state index is 0.152. The molecule has 0 aromatic heterocycles. The highest BCUT2D eigenvalue weighted by atomic mass is 16.5. The van der Waals surface area contributed by atoms with Gasteiger partial charge in [-0.25, -0.2) is 0 Å². The number of nitrogens with two attached hydrogens (primary N) is 1. The second-order valence-corrected chi connectivity index (χ2v) is 5.15. The fourth-order valence-electron chi connectivity index (χ4n) is 1.000. The van der Waals surface area contributed by atoms with Crippen molar-refractivity contribution in [2.24, 2.45) is 11.1 Å². The molecule has 0 bridgehead atoms. The zero-order valence-corrected chi connectivity index (χ0v) is 10.8. The highest BCUT2D eigenvalue weighted by Gasteiger charge is 2.40. The number of ether oxygens (including phenoxy) is 1. The van der Waals surface area contributed by atoms with Gasteiger partial charge in [-0.3, -0.25) is 4.79 Å². The fraction of sp³-hybridized carbons (Fsp3) is 0.909. The molecule has 0 saturated carbocycles. The summed E-state index contributed by atoms with van der Waals surface area (Å²) < 4.78 is 4.89. The van der Waals surface area contributed by atoms with Crippen LogP contribution < -0.4 is 11.1 Å². The van der Waals surface area contributed by atoms with Crippen LogP contribution in [0, 0.1) is 5.41 Å². The zero-order chi connectivity index (χ0) is 13.0. The van der Waals surface area contributed by atoms with Gasteiger partial charge in [-0.05, 0) is 27.7 Å². The summed E-state index contributed by atoms with van der Waals surface area (Å²) in [6.07, 6.45) is 0. The molecule has 1 unspecified atom stereocenters. The second-order valence-electron chi connectivity index (χ2n) is 5.15. The van der Waals surface area contributed by atoms with Gasteiger partial charge in [0, 0.05) is 12.6 Å². The lowest BCUT2D eigenvalue weighted by atomic mass is 9.74. The molecule has 1 atom stereocenters. The Morgan fingerprint density at radius 1 is 1.44 bits per heavy atom. The fourth-order valence-corrected chi connectivity index (χ4v) is 1.000. The number of rotatable bonds is 6. The van der Waals surface area contributed by atoms with E-state index in [1.54, 1.807) is 27.7 Å². The molecular weight excluding hydrogens is 208 g/mol. The maximum absolute atomic E-state index is 12.0. The van der Waals surface area contributed by atoms with Gasteiger partial charge in [0.25, 0.3) is 0 Å². The van der Waals surface area contributed by atoms with Gasteiger partial charge >= 0.3 is 0 Å². The summed E-state index contributed by atoms with van der Waals surface area (Å²) in [6.45, 7) is 7.30. The predicted octanol–water partition coefficient (Wildman–Crippen LogP) is -0.127. The number of nitrogens with one attached hydrogen (secondary N) is 1. The van der Waals surface area contributed by atoms with Crippen LogP contribution in [-0.4, -0.2) is 42.9 Å². The van der Waals surface area contributed by atoms with Crippen LogP contribution >= 0.6 is 0 Å². The van der Waals surface area contributed by atoms with Crippen molar-refractivity contribution in [3.63, 3.8) is 0 Å². The minimum atomic E-state index is -0.714. The van der Waals surface area contributed by atoms with E-state index in [-0.39, 0.29) is 25.2 Å². The highest BCUT2D eigenvalue weighted by molar-refractivity contribution is 5.83. The van der Waals surface area contributed by atoms with Crippen molar-refractivity contribution in [3.8, 4) is 0 Å². The van der Waals surface area contributed by atoms with E-state index in [0.29, 0.717) is 0 Å². The minimum Gasteiger partial charge on any atom is -0.394 e. The lowest BCUT2D eigenvalue weighted by Gasteiger charge is -2.37. The third-order valence-corrected chi connectivity index (χ3v) is 3.10. The molecule has 0 radical (unpaired) electrons. The Kier molecular flexibility index (Phi) is 5.38. The normalized spacial score (nSPS) is 14.7. The van der Waals surface area contributed by atoms with Gasteiger partial charge in [-0.1, -0.05) is 0 Å². The molecule has 0 aliphatic rings. The molecule has 0 heterocycles. The van der Waals surface area contributed by atoms with Crippen LogP contribution in [0.5, 0.6) is 0 Å². The maximum atomic E-state index is 12.0. The molecule has 5 heteroatoms. The molecule has 16 heavy (non-hydrogen) atoms. The molecule has 0 aromatic carbocycles. The molecule has 0 saturated heterocycles. The number of carbonyl (C=O) groups is 1. The first kappa shape index (κ1) is 15.3. The summed E-state index contributed by atoms with van der Waals surface area (Å²) >= 11 is 0. The summed E-state index contributed by atoms with van der Waals surface area (Å²) in [6, 6.07) is -0.390. The van der Waals surface area contributed by atoms with Gasteiger partial charge < -0.3 is 20.9 Å². The first-order chi connectivity index (χ1) is 7.16. The molecular formula is C11H24N2O3. The SMILES string of the molecule is COCC(CO)NC(=O)C(C)(C)C(C)(C)N. The third-order valence-electron chi connectivity index (χ3n) is 3.10. The van der Waals surface area contributed by atoms with E-state index in [1.165, 1.54) is 7.11 Å². The molecule has 0 aliphatic carbocycles. The van der Waals surface area contributed by atoms with E-state index in [4.69, 9.17) is 15.6 Å². The molecule has 96 valence electrons. The topological polar surface area (TPSA) is 84.6 Å². The zero-order valence-electron chi connectivity index (χ0n) is 10.8. The van der Waals surface area contributed by atoms with E-state index in [1.807, 2.05) is 0 Å². The van der Waals surface area contributed by atoms with Crippen LogP contribution in [0.25, 0.3) is 0 Å². The summed E-state index contributed by atoms with van der Waals surface area (Å²) in [5.74, 6) is -0.184. The lowest BCUT2D eigenvalue weighted by molar-refractivity contribution is -0.133. The first-order valence-corrected chi connectivity index (χ1v) is 5.36. The van der Waals surface area contributed by atoms with Crippen molar-refractivity contribution >= 4 is 5.91 Å². The van der Waals surface area contributed by atoms with Gasteiger partial charge in [0.2, 0.25) is 5.91 Å². The highest BCUT2D eigenvalue weighted by Crippen LogP contribution is 2.28. The van der Waals surface area contributed by atoms with Crippen molar-refractivity contribution < 1.29 is 14.6 Å². The van der Waals surface area contributed by atoms with E-state index in [9.17, 15) is 4.79 Å². The van der Waals surface area contributed by atoms with Crippen LogP contribution in [0.15, 0.2) is 0 Å². The van der Waals surface area contributed by atoms with E-state index in [0.717, 1.165) is 0 Å². The molecule has 0 aliphatic heterocycles. The van der Waals surface area contributed by atoms with Crippen LogP contribution in [-0.2, 0) is 9.53 Å². The van der Waals surface area contributed by atoms with Crippen LogP contribution in [0.4, 0.5) is 0 Å². The Balaban J connectivity index is 4.56. The molecule has 5 nitrogen and oxygen atoms in total. The average Bonchev–Trinajstić information content (AvgIpc) is 2.15. The van der Waals surface area contributed by atoms with Crippen molar-refractivity contribution in [2.75, 3.05) is 20.3 Å². The summed E-state index contributed by atoms with van der Waals surface area (Å²) in [7, 11) is 1.52. The summed E-state index contributed by atoms with van der Waals surface area (Å²) in [5.41, 5.74) is 4.60. The quantitative estimate of drug-likeness (QED) is 0.596. The largest absolute Gasteiger partial charge is 0.394 e. The molecule has 0 fully saturated rings. The number of methoxy groups -OCH3 is 1. The van der Waals surface area contributed by atoms with E-state index < -0.39 is 11.0 Å². The summed E-state index contributed by atoms with van der Waals surface area (Å²) in [5, 5.41) is 11.8. The molecule has 4 N–H and O–H groups in total. The van der Waals surface area contributed by atoms with Gasteiger partial charge in [-0.15, -0.1) is 0 Å². The van der Waals surface area contributed by atoms with Gasteiger partial charge in [0.1, 0.15) is 0 Å². The van der Waals surface area contributed by atoms with Gasteiger partial charge in [0.05, 0.1) is 24.7 Å². The number of hydrogen-bond acceptors (Lipinski definition) is 4. The van der Waals surface area contributed by atoms with Gasteiger partial charge in [-0.2, -0.15) is 0 Å². The third kappa shape index (κ3) is 3.73. The Hall–Kier alpha value is -0.650. The number of carbonyl (C=O) groups excluding carboxylic acids is 1. The van der Waals surface area contributed by atoms with Crippen molar-refractivity contribution in [1.82, 2.24) is 5.32 Å². The smallest absolute Gasteiger partial charge is 0.227 e. The Morgan fingerprint density at radius 3 is 2.25 bits per heavy atom. The van der Waals surface area contributed by atoms with Crippen LogP contribution in [0.1, 0.15) is 27.7 Å². The standard InChI is InChI=1S/C11H24N2O3/c1-10(2,11(3,4)12)9(15)13-8(6-14)7-16-5/h8,14H,6-7,12H2,1-5H3,(H,13,15). The average molecular weight is 232 g/mol. The van der Waals surface area contributed by atoms with Gasteiger partial charge in [0.15, 0.2) is 0 Å². The molecule has 0 aromatic rings. The number of hydrogen-bond donors (Lipinski definition) is 3. The van der Waals surface area contributed by atoms with Crippen molar-refractivity contribution in [2.45, 2.75) is 39.3 Å². The Bertz CT molecular complexity index is 234. The second kappa shape index (κ2) is 5.61. The lowest BCUT2D eigenvalue weighted by Crippen LogP contribution is -2.58. The maximum Gasteiger partial charge on any atom is 0.227 e. The Labute approximate surface area is 97.3 Å². The van der Waals surface area contributed by atoms with E-state index >= 15 is 0 Å². The molecule has 0 rings (SSSR count). The van der Waals surface area contributed by atoms with Crippen LogP contribution in [0.2, 0.25) is 0 Å².